The molecule has 0 aromatic heterocycles. The Hall–Kier alpha value is -2.01. The first kappa shape index (κ1) is 13.9. The monoisotopic (exact) mass is 304 g/mol. The Balaban J connectivity index is 1.77. The minimum absolute atomic E-state index is 0.0182. The summed E-state index contributed by atoms with van der Waals surface area (Å²) in [6.45, 7) is 0.341. The maximum absolute atomic E-state index is 13.3. The van der Waals surface area contributed by atoms with Gasteiger partial charge in [-0.3, -0.25) is 0 Å². The molecule has 21 heavy (non-hydrogen) atoms. The molecule has 0 radical (unpaired) electrons. The van der Waals surface area contributed by atoms with E-state index in [1.54, 1.807) is 11.8 Å². The van der Waals surface area contributed by atoms with Gasteiger partial charge in [-0.15, -0.1) is 11.8 Å². The van der Waals surface area contributed by atoms with Gasteiger partial charge in [0.15, 0.2) is 0 Å². The number of benzene rings is 2. The maximum Gasteiger partial charge on any atom is 0.339 e. The number of carboxylic acid groups (broad SMARTS) is 1. The molecular weight excluding hydrogens is 291 g/mol. The molecule has 0 spiro atoms. The third kappa shape index (κ3) is 2.88. The minimum Gasteiger partial charge on any atom is -0.492 e. The molecule has 3 nitrogen and oxygen atoms in total. The van der Waals surface area contributed by atoms with Gasteiger partial charge in [0.05, 0.1) is 6.61 Å². The van der Waals surface area contributed by atoms with Gasteiger partial charge >= 0.3 is 5.97 Å². The van der Waals surface area contributed by atoms with Crippen molar-refractivity contribution in [3.05, 3.63) is 59.4 Å². The normalized spacial score (nSPS) is 16.5. The smallest absolute Gasteiger partial charge is 0.339 e. The molecule has 0 saturated heterocycles. The van der Waals surface area contributed by atoms with Crippen molar-refractivity contribution < 1.29 is 19.0 Å². The molecule has 1 unspecified atom stereocenters. The highest BCUT2D eigenvalue weighted by Crippen LogP contribution is 2.39. The molecule has 1 aliphatic heterocycles. The molecule has 2 aromatic rings. The molecule has 0 aliphatic carbocycles. The zero-order valence-electron chi connectivity index (χ0n) is 11.1. The van der Waals surface area contributed by atoms with E-state index in [9.17, 15) is 9.18 Å². The fraction of sp³-hybridized carbons (Fsp3) is 0.188. The average Bonchev–Trinajstić information content (AvgIpc) is 2.88. The van der Waals surface area contributed by atoms with Crippen LogP contribution in [0.5, 0.6) is 5.75 Å². The Morgan fingerprint density at radius 3 is 2.95 bits per heavy atom. The van der Waals surface area contributed by atoms with E-state index in [0.717, 1.165) is 17.9 Å². The summed E-state index contributed by atoms with van der Waals surface area (Å²) in [4.78, 5) is 12.3. The zero-order chi connectivity index (χ0) is 14.8. The first-order valence-corrected chi connectivity index (χ1v) is 7.51. The summed E-state index contributed by atoms with van der Waals surface area (Å²) >= 11 is 1.75. The van der Waals surface area contributed by atoms with Gasteiger partial charge in [0.25, 0.3) is 0 Å². The summed E-state index contributed by atoms with van der Waals surface area (Å²) in [7, 11) is 0. The van der Waals surface area contributed by atoms with Crippen molar-refractivity contribution in [2.24, 2.45) is 0 Å². The lowest BCUT2D eigenvalue weighted by molar-refractivity contribution is 0.0692. The van der Waals surface area contributed by atoms with Gasteiger partial charge in [0.2, 0.25) is 0 Å². The van der Waals surface area contributed by atoms with Gasteiger partial charge in [-0.2, -0.15) is 0 Å². The predicted molar refractivity (Wildman–Crippen MR) is 78.8 cm³/mol. The first-order valence-electron chi connectivity index (χ1n) is 6.52. The lowest BCUT2D eigenvalue weighted by atomic mass is 10.0. The standard InChI is InChI=1S/C16H13FO3S/c17-11-5-6-13(16(18)19)14(7-11)20-8-10-9-21-15-4-2-1-3-12(10)15/h1-7,10H,8-9H2,(H,18,19). The Bertz CT molecular complexity index is 687. The van der Waals surface area contributed by atoms with Gasteiger partial charge in [-0.25, -0.2) is 9.18 Å². The third-order valence-corrected chi connectivity index (χ3v) is 4.66. The molecular formula is C16H13FO3S. The maximum atomic E-state index is 13.3. The number of fused-ring (bicyclic) bond motifs is 1. The van der Waals surface area contributed by atoms with E-state index in [4.69, 9.17) is 9.84 Å². The van der Waals surface area contributed by atoms with Gasteiger partial charge in [0, 0.05) is 22.6 Å². The first-order chi connectivity index (χ1) is 10.1. The molecule has 2 aromatic carbocycles. The topological polar surface area (TPSA) is 46.5 Å². The summed E-state index contributed by atoms with van der Waals surface area (Å²) in [6.07, 6.45) is 0. The van der Waals surface area contributed by atoms with Crippen molar-refractivity contribution in [2.75, 3.05) is 12.4 Å². The zero-order valence-corrected chi connectivity index (χ0v) is 11.9. The van der Waals surface area contributed by atoms with Gasteiger partial charge in [-0.1, -0.05) is 18.2 Å². The second-order valence-electron chi connectivity index (χ2n) is 4.80. The van der Waals surface area contributed by atoms with Crippen LogP contribution in [0.25, 0.3) is 0 Å². The van der Waals surface area contributed by atoms with Gasteiger partial charge < -0.3 is 9.84 Å². The van der Waals surface area contributed by atoms with Crippen molar-refractivity contribution in [3.63, 3.8) is 0 Å². The van der Waals surface area contributed by atoms with Crippen molar-refractivity contribution in [1.82, 2.24) is 0 Å². The SMILES string of the molecule is O=C(O)c1ccc(F)cc1OCC1CSc2ccccc21. The second kappa shape index (κ2) is 5.77. The summed E-state index contributed by atoms with van der Waals surface area (Å²) < 4.78 is 18.9. The molecule has 1 heterocycles. The van der Waals surface area contributed by atoms with E-state index >= 15 is 0 Å². The molecule has 0 amide bonds. The Labute approximate surface area is 125 Å². The van der Waals surface area contributed by atoms with Crippen LogP contribution in [0.2, 0.25) is 0 Å². The van der Waals surface area contributed by atoms with Crippen molar-refractivity contribution in [1.29, 1.82) is 0 Å². The van der Waals surface area contributed by atoms with E-state index in [2.05, 4.69) is 6.07 Å². The van der Waals surface area contributed by atoms with E-state index < -0.39 is 11.8 Å². The van der Waals surface area contributed by atoms with Crippen LogP contribution in [0.15, 0.2) is 47.4 Å². The van der Waals surface area contributed by atoms with Crippen LogP contribution in [0.1, 0.15) is 21.8 Å². The number of ether oxygens (including phenoxy) is 1. The van der Waals surface area contributed by atoms with E-state index in [-0.39, 0.29) is 17.2 Å². The molecule has 0 bridgehead atoms. The fourth-order valence-corrected chi connectivity index (χ4v) is 3.58. The molecule has 108 valence electrons. The number of carbonyl (C=O) groups is 1. The second-order valence-corrected chi connectivity index (χ2v) is 5.86. The largest absolute Gasteiger partial charge is 0.492 e. The minimum atomic E-state index is -1.12. The highest BCUT2D eigenvalue weighted by Gasteiger charge is 2.24. The molecule has 3 rings (SSSR count). The molecule has 5 heteroatoms. The van der Waals surface area contributed by atoms with Crippen molar-refractivity contribution >= 4 is 17.7 Å². The average molecular weight is 304 g/mol. The Morgan fingerprint density at radius 2 is 2.14 bits per heavy atom. The van der Waals surface area contributed by atoms with Crippen LogP contribution in [-0.2, 0) is 0 Å². The summed E-state index contributed by atoms with van der Waals surface area (Å²) in [6, 6.07) is 11.5. The third-order valence-electron chi connectivity index (χ3n) is 3.41. The van der Waals surface area contributed by atoms with Gasteiger partial charge in [0.1, 0.15) is 17.1 Å². The highest BCUT2D eigenvalue weighted by atomic mass is 32.2. The predicted octanol–water partition coefficient (Wildman–Crippen LogP) is 3.79. The summed E-state index contributed by atoms with van der Waals surface area (Å²) in [5, 5.41) is 9.10. The Morgan fingerprint density at radius 1 is 1.33 bits per heavy atom. The molecule has 0 fully saturated rings. The van der Waals surface area contributed by atoms with Crippen LogP contribution >= 0.6 is 11.8 Å². The van der Waals surface area contributed by atoms with E-state index in [0.29, 0.717) is 6.61 Å². The quantitative estimate of drug-likeness (QED) is 0.933. The number of aromatic carboxylic acids is 1. The molecule has 0 saturated carbocycles. The van der Waals surface area contributed by atoms with Crippen molar-refractivity contribution in [3.8, 4) is 5.75 Å². The van der Waals surface area contributed by atoms with Crippen molar-refractivity contribution in [2.45, 2.75) is 10.8 Å². The van der Waals surface area contributed by atoms with Crippen LogP contribution in [0.4, 0.5) is 4.39 Å². The summed E-state index contributed by atoms with van der Waals surface area (Å²) in [5.74, 6) is -0.466. The lowest BCUT2D eigenvalue weighted by Gasteiger charge is -2.14. The number of hydrogen-bond donors (Lipinski definition) is 1. The number of thioether (sulfide) groups is 1. The molecule has 1 atom stereocenters. The number of hydrogen-bond acceptors (Lipinski definition) is 3. The van der Waals surface area contributed by atoms with Crippen LogP contribution in [-0.4, -0.2) is 23.4 Å². The molecule has 1 aliphatic rings. The van der Waals surface area contributed by atoms with Gasteiger partial charge in [-0.05, 0) is 23.8 Å². The molecule has 1 N–H and O–H groups in total. The lowest BCUT2D eigenvalue weighted by Crippen LogP contribution is -2.12. The Kier molecular flexibility index (Phi) is 3.84. The fourth-order valence-electron chi connectivity index (χ4n) is 2.35. The number of halogens is 1. The summed E-state index contributed by atoms with van der Waals surface area (Å²) in [5.41, 5.74) is 1.19. The number of carboxylic acids is 1. The number of rotatable bonds is 4. The van der Waals surface area contributed by atoms with E-state index in [1.807, 2.05) is 18.2 Å². The van der Waals surface area contributed by atoms with Crippen LogP contribution in [0, 0.1) is 5.82 Å². The highest BCUT2D eigenvalue weighted by molar-refractivity contribution is 7.99. The van der Waals surface area contributed by atoms with Crippen LogP contribution in [0.3, 0.4) is 0 Å². The van der Waals surface area contributed by atoms with E-state index in [1.165, 1.54) is 16.5 Å². The van der Waals surface area contributed by atoms with Crippen LogP contribution < -0.4 is 4.74 Å².